The van der Waals surface area contributed by atoms with Crippen molar-refractivity contribution in [3.05, 3.63) is 46.2 Å². The molecule has 1 aromatic carbocycles. The summed E-state index contributed by atoms with van der Waals surface area (Å²) >= 11 is 1.03. The van der Waals surface area contributed by atoms with Gasteiger partial charge < -0.3 is 20.8 Å². The lowest BCUT2D eigenvalue weighted by molar-refractivity contribution is -0.113. The lowest BCUT2D eigenvalue weighted by Gasteiger charge is -2.10. The summed E-state index contributed by atoms with van der Waals surface area (Å²) in [7, 11) is 0. The number of carbonyl (C=O) groups excluding carboxylic acids is 2. The first-order valence-electron chi connectivity index (χ1n) is 8.05. The van der Waals surface area contributed by atoms with Crippen molar-refractivity contribution in [2.24, 2.45) is 0 Å². The number of nitrogens with one attached hydrogen (secondary N) is 2. The fourth-order valence-corrected chi connectivity index (χ4v) is 2.68. The number of thioether (sulfide) groups is 1. The Morgan fingerprint density at radius 3 is 2.85 bits per heavy atom. The minimum absolute atomic E-state index is 0.00832. The molecule has 0 unspecified atom stereocenters. The van der Waals surface area contributed by atoms with Crippen LogP contribution in [0.25, 0.3) is 0 Å². The number of H-pyrrole nitrogens is 1. The van der Waals surface area contributed by atoms with E-state index in [0.717, 1.165) is 30.7 Å². The zero-order valence-corrected chi connectivity index (χ0v) is 15.1. The van der Waals surface area contributed by atoms with Crippen molar-refractivity contribution in [1.82, 2.24) is 9.97 Å². The Hall–Kier alpha value is -2.81. The first-order chi connectivity index (χ1) is 12.5. The van der Waals surface area contributed by atoms with Crippen molar-refractivity contribution in [2.75, 3.05) is 23.4 Å². The molecule has 0 spiro atoms. The Bertz CT molecular complexity index is 838. The number of ether oxygens (including phenoxy) is 1. The Balaban J connectivity index is 1.98. The van der Waals surface area contributed by atoms with Gasteiger partial charge in [-0.05, 0) is 18.6 Å². The SMILES string of the molecule is CCCCOC(=O)c1ccccc1NC(=O)CSc1nc(N)cc(=O)[nH]1. The summed E-state index contributed by atoms with van der Waals surface area (Å²) in [5.41, 5.74) is 5.77. The highest BCUT2D eigenvalue weighted by Crippen LogP contribution is 2.18. The van der Waals surface area contributed by atoms with E-state index in [9.17, 15) is 14.4 Å². The number of nitrogens with zero attached hydrogens (tertiary/aromatic N) is 1. The number of amides is 1. The number of hydrogen-bond donors (Lipinski definition) is 3. The van der Waals surface area contributed by atoms with Crippen LogP contribution in [-0.2, 0) is 9.53 Å². The highest BCUT2D eigenvalue weighted by molar-refractivity contribution is 7.99. The van der Waals surface area contributed by atoms with Crippen molar-refractivity contribution in [1.29, 1.82) is 0 Å². The Morgan fingerprint density at radius 2 is 2.12 bits per heavy atom. The number of para-hydroxylation sites is 1. The van der Waals surface area contributed by atoms with Crippen molar-refractivity contribution in [2.45, 2.75) is 24.9 Å². The molecular weight excluding hydrogens is 356 g/mol. The second-order valence-corrected chi connectivity index (χ2v) is 6.31. The number of rotatable bonds is 8. The number of nitrogen functional groups attached to an aromatic ring is 1. The molecule has 0 aliphatic rings. The minimum atomic E-state index is -0.483. The van der Waals surface area contributed by atoms with Gasteiger partial charge in [0.15, 0.2) is 5.16 Å². The summed E-state index contributed by atoms with van der Waals surface area (Å²) in [6.45, 7) is 2.34. The average molecular weight is 376 g/mol. The number of unbranched alkanes of at least 4 members (excludes halogenated alkanes) is 1. The summed E-state index contributed by atoms with van der Waals surface area (Å²) in [6.07, 6.45) is 1.70. The van der Waals surface area contributed by atoms with Crippen LogP contribution in [0.4, 0.5) is 11.5 Å². The van der Waals surface area contributed by atoms with E-state index in [1.807, 2.05) is 6.92 Å². The first kappa shape index (κ1) is 19.5. The molecule has 0 aliphatic carbocycles. The Kier molecular flexibility index (Phi) is 7.22. The molecule has 26 heavy (non-hydrogen) atoms. The molecule has 0 saturated carbocycles. The van der Waals surface area contributed by atoms with Gasteiger partial charge in [-0.2, -0.15) is 0 Å². The molecule has 0 atom stereocenters. The molecular formula is C17H20N4O4S. The topological polar surface area (TPSA) is 127 Å². The van der Waals surface area contributed by atoms with Crippen LogP contribution in [0.2, 0.25) is 0 Å². The van der Waals surface area contributed by atoms with Gasteiger partial charge in [-0.1, -0.05) is 37.2 Å². The maximum absolute atomic E-state index is 12.2. The van der Waals surface area contributed by atoms with E-state index in [-0.39, 0.29) is 33.8 Å². The Labute approximate surface area is 154 Å². The van der Waals surface area contributed by atoms with Crippen LogP contribution < -0.4 is 16.6 Å². The molecule has 8 nitrogen and oxygen atoms in total. The third kappa shape index (κ3) is 5.92. The van der Waals surface area contributed by atoms with E-state index in [0.29, 0.717) is 12.3 Å². The summed E-state index contributed by atoms with van der Waals surface area (Å²) in [6, 6.07) is 7.78. The van der Waals surface area contributed by atoms with Gasteiger partial charge >= 0.3 is 5.97 Å². The third-order valence-corrected chi connectivity index (χ3v) is 4.11. The van der Waals surface area contributed by atoms with Crippen LogP contribution >= 0.6 is 11.8 Å². The normalized spacial score (nSPS) is 10.3. The lowest BCUT2D eigenvalue weighted by Crippen LogP contribution is -2.18. The zero-order chi connectivity index (χ0) is 18.9. The highest BCUT2D eigenvalue weighted by Gasteiger charge is 2.14. The molecule has 1 aromatic heterocycles. The lowest BCUT2D eigenvalue weighted by atomic mass is 10.2. The van der Waals surface area contributed by atoms with Gasteiger partial charge in [0.05, 0.1) is 23.6 Å². The Morgan fingerprint density at radius 1 is 1.35 bits per heavy atom. The summed E-state index contributed by atoms with van der Waals surface area (Å²) in [5.74, 6) is -0.763. The molecule has 2 rings (SSSR count). The number of nitrogens with two attached hydrogens (primary N) is 1. The first-order valence-corrected chi connectivity index (χ1v) is 9.03. The van der Waals surface area contributed by atoms with Gasteiger partial charge in [0.2, 0.25) is 5.91 Å². The smallest absolute Gasteiger partial charge is 0.340 e. The summed E-state index contributed by atoms with van der Waals surface area (Å²) in [4.78, 5) is 42.0. The number of esters is 1. The molecule has 9 heteroatoms. The van der Waals surface area contributed by atoms with E-state index >= 15 is 0 Å². The van der Waals surface area contributed by atoms with Crippen LogP contribution in [0.5, 0.6) is 0 Å². The van der Waals surface area contributed by atoms with Gasteiger partial charge in [0.25, 0.3) is 5.56 Å². The van der Waals surface area contributed by atoms with Crippen LogP contribution in [-0.4, -0.2) is 34.2 Å². The number of anilines is 2. The van der Waals surface area contributed by atoms with Gasteiger partial charge in [0, 0.05) is 6.07 Å². The van der Waals surface area contributed by atoms with Gasteiger partial charge in [-0.15, -0.1) is 0 Å². The van der Waals surface area contributed by atoms with Crippen LogP contribution in [0.3, 0.4) is 0 Å². The second kappa shape index (κ2) is 9.62. The quantitative estimate of drug-likeness (QED) is 0.278. The fourth-order valence-electron chi connectivity index (χ4n) is 2.00. The van der Waals surface area contributed by atoms with Crippen molar-refractivity contribution in [3.8, 4) is 0 Å². The predicted molar refractivity (Wildman–Crippen MR) is 100 cm³/mol. The molecule has 0 saturated heterocycles. The maximum Gasteiger partial charge on any atom is 0.340 e. The van der Waals surface area contributed by atoms with Crippen LogP contribution in [0.1, 0.15) is 30.1 Å². The monoisotopic (exact) mass is 376 g/mol. The predicted octanol–water partition coefficient (Wildman–Crippen LogP) is 2.04. The third-order valence-electron chi connectivity index (χ3n) is 3.23. The maximum atomic E-state index is 12.2. The summed E-state index contributed by atoms with van der Waals surface area (Å²) in [5, 5.41) is 2.92. The van der Waals surface area contributed by atoms with Crippen LogP contribution in [0.15, 0.2) is 40.3 Å². The summed E-state index contributed by atoms with van der Waals surface area (Å²) < 4.78 is 5.19. The molecule has 4 N–H and O–H groups in total. The number of benzene rings is 1. The molecule has 0 fully saturated rings. The molecule has 0 bridgehead atoms. The molecule has 0 aliphatic heterocycles. The largest absolute Gasteiger partial charge is 0.462 e. The number of aromatic nitrogens is 2. The minimum Gasteiger partial charge on any atom is -0.462 e. The molecule has 2 aromatic rings. The van der Waals surface area contributed by atoms with Crippen molar-refractivity contribution in [3.63, 3.8) is 0 Å². The van der Waals surface area contributed by atoms with Gasteiger partial charge in [-0.25, -0.2) is 9.78 Å². The van der Waals surface area contributed by atoms with Gasteiger partial charge in [0.1, 0.15) is 5.82 Å². The number of carbonyl (C=O) groups is 2. The van der Waals surface area contributed by atoms with E-state index < -0.39 is 5.97 Å². The standard InChI is InChI=1S/C17H20N4O4S/c1-2-3-8-25-16(24)11-6-4-5-7-12(11)19-15(23)10-26-17-20-13(18)9-14(22)21-17/h4-7,9H,2-3,8,10H2,1H3,(H,19,23)(H3,18,20,21,22). The average Bonchev–Trinajstić information content (AvgIpc) is 2.60. The van der Waals surface area contributed by atoms with Crippen molar-refractivity contribution >= 4 is 35.1 Å². The number of hydrogen-bond acceptors (Lipinski definition) is 7. The van der Waals surface area contributed by atoms with E-state index in [4.69, 9.17) is 10.5 Å². The molecule has 138 valence electrons. The molecule has 1 amide bonds. The fraction of sp³-hybridized carbons (Fsp3) is 0.294. The van der Waals surface area contributed by atoms with E-state index in [1.165, 1.54) is 0 Å². The van der Waals surface area contributed by atoms with E-state index in [2.05, 4.69) is 15.3 Å². The second-order valence-electron chi connectivity index (χ2n) is 5.35. The van der Waals surface area contributed by atoms with E-state index in [1.54, 1.807) is 24.3 Å². The zero-order valence-electron chi connectivity index (χ0n) is 14.3. The van der Waals surface area contributed by atoms with Crippen molar-refractivity contribution < 1.29 is 14.3 Å². The van der Waals surface area contributed by atoms with Gasteiger partial charge in [-0.3, -0.25) is 9.59 Å². The molecule has 0 radical (unpaired) electrons. The highest BCUT2D eigenvalue weighted by atomic mass is 32.2. The molecule has 1 heterocycles. The number of aromatic amines is 1. The van der Waals surface area contributed by atoms with Crippen LogP contribution in [0, 0.1) is 0 Å².